The van der Waals surface area contributed by atoms with Crippen LogP contribution in [0.3, 0.4) is 0 Å². The molecular weight excluding hydrogens is 292 g/mol. The lowest BCUT2D eigenvalue weighted by Crippen LogP contribution is -2.57. The van der Waals surface area contributed by atoms with E-state index in [0.717, 1.165) is 5.56 Å². The highest BCUT2D eigenvalue weighted by atomic mass is 35.5. The molecule has 0 aliphatic heterocycles. The Balaban J connectivity index is 2.87. The van der Waals surface area contributed by atoms with Gasteiger partial charge >= 0.3 is 12.0 Å². The molecule has 1 aromatic carbocycles. The minimum Gasteiger partial charge on any atom is -0.481 e. The van der Waals surface area contributed by atoms with Crippen LogP contribution in [0.4, 0.5) is 10.5 Å². The van der Waals surface area contributed by atoms with Crippen molar-refractivity contribution in [2.75, 3.05) is 5.32 Å². The predicted molar refractivity (Wildman–Crippen MR) is 83.8 cm³/mol. The van der Waals surface area contributed by atoms with Crippen molar-refractivity contribution in [3.05, 3.63) is 28.8 Å². The fourth-order valence-corrected chi connectivity index (χ4v) is 1.78. The van der Waals surface area contributed by atoms with E-state index in [1.165, 1.54) is 0 Å². The van der Waals surface area contributed by atoms with Crippen LogP contribution in [-0.4, -0.2) is 22.6 Å². The SMILES string of the molecule is Cc1c(Cl)cccc1NC(=O)NC(C)(C)C(C)(C)C(=O)O. The van der Waals surface area contributed by atoms with E-state index in [9.17, 15) is 14.7 Å². The van der Waals surface area contributed by atoms with Crippen LogP contribution >= 0.6 is 11.6 Å². The van der Waals surface area contributed by atoms with E-state index in [0.29, 0.717) is 10.7 Å². The van der Waals surface area contributed by atoms with Crippen LogP contribution in [-0.2, 0) is 4.79 Å². The number of carboxylic acids is 1. The summed E-state index contributed by atoms with van der Waals surface area (Å²) in [4.78, 5) is 23.4. The van der Waals surface area contributed by atoms with Gasteiger partial charge in [0, 0.05) is 10.7 Å². The largest absolute Gasteiger partial charge is 0.481 e. The maximum atomic E-state index is 12.1. The average Bonchev–Trinajstić information content (AvgIpc) is 2.33. The number of urea groups is 1. The zero-order valence-corrected chi connectivity index (χ0v) is 13.6. The molecule has 0 radical (unpaired) electrons. The molecular formula is C15H21ClN2O3. The Morgan fingerprint density at radius 3 is 2.29 bits per heavy atom. The third-order valence-electron chi connectivity index (χ3n) is 4.04. The molecule has 1 rings (SSSR count). The Hall–Kier alpha value is -1.75. The van der Waals surface area contributed by atoms with Crippen LogP contribution in [0, 0.1) is 12.3 Å². The first-order valence-electron chi connectivity index (χ1n) is 6.56. The molecule has 3 N–H and O–H groups in total. The van der Waals surface area contributed by atoms with E-state index in [-0.39, 0.29) is 0 Å². The van der Waals surface area contributed by atoms with Crippen LogP contribution in [0.5, 0.6) is 0 Å². The molecule has 1 aromatic rings. The second-order valence-corrected chi connectivity index (χ2v) is 6.45. The number of rotatable bonds is 4. The Morgan fingerprint density at radius 2 is 1.76 bits per heavy atom. The monoisotopic (exact) mass is 312 g/mol. The number of anilines is 1. The summed E-state index contributed by atoms with van der Waals surface area (Å²) in [5, 5.41) is 15.2. The van der Waals surface area contributed by atoms with Crippen LogP contribution in [0.25, 0.3) is 0 Å². The number of carboxylic acid groups (broad SMARTS) is 1. The summed E-state index contributed by atoms with van der Waals surface area (Å²) >= 11 is 6.00. The predicted octanol–water partition coefficient (Wildman–Crippen LogP) is 3.66. The second kappa shape index (κ2) is 5.93. The summed E-state index contributed by atoms with van der Waals surface area (Å²) in [5.41, 5.74) is -0.711. The van der Waals surface area contributed by atoms with Crippen molar-refractivity contribution in [2.24, 2.45) is 5.41 Å². The van der Waals surface area contributed by atoms with Crippen molar-refractivity contribution in [3.8, 4) is 0 Å². The number of carbonyl (C=O) groups is 2. The van der Waals surface area contributed by atoms with Crippen molar-refractivity contribution in [1.82, 2.24) is 5.32 Å². The molecule has 0 heterocycles. The third kappa shape index (κ3) is 3.67. The summed E-state index contributed by atoms with van der Waals surface area (Å²) in [6.07, 6.45) is 0. The van der Waals surface area contributed by atoms with Gasteiger partial charge in [-0.05, 0) is 52.3 Å². The van der Waals surface area contributed by atoms with E-state index < -0.39 is 23.0 Å². The van der Waals surface area contributed by atoms with Gasteiger partial charge in [-0.1, -0.05) is 17.7 Å². The Kier molecular flexibility index (Phi) is 4.89. The average molecular weight is 313 g/mol. The number of hydrogen-bond donors (Lipinski definition) is 3. The molecule has 0 aliphatic rings. The second-order valence-electron chi connectivity index (χ2n) is 6.05. The normalized spacial score (nSPS) is 11.9. The lowest BCUT2D eigenvalue weighted by Gasteiger charge is -2.38. The number of halogens is 1. The van der Waals surface area contributed by atoms with Crippen LogP contribution in [0.15, 0.2) is 18.2 Å². The van der Waals surface area contributed by atoms with Crippen molar-refractivity contribution < 1.29 is 14.7 Å². The standard InChI is InChI=1S/C15H21ClN2O3/c1-9-10(16)7-6-8-11(9)17-13(21)18-15(4,5)14(2,3)12(19)20/h6-8H,1-5H3,(H,19,20)(H2,17,18,21). The molecule has 0 aliphatic carbocycles. The number of nitrogens with one attached hydrogen (secondary N) is 2. The highest BCUT2D eigenvalue weighted by Crippen LogP contribution is 2.31. The maximum Gasteiger partial charge on any atom is 0.319 e. The molecule has 5 nitrogen and oxygen atoms in total. The number of aliphatic carboxylic acids is 1. The third-order valence-corrected chi connectivity index (χ3v) is 4.45. The van der Waals surface area contributed by atoms with E-state index in [1.54, 1.807) is 52.8 Å². The van der Waals surface area contributed by atoms with Gasteiger partial charge in [0.25, 0.3) is 0 Å². The maximum absolute atomic E-state index is 12.1. The van der Waals surface area contributed by atoms with Gasteiger partial charge in [-0.25, -0.2) is 4.79 Å². The lowest BCUT2D eigenvalue weighted by molar-refractivity contribution is -0.150. The van der Waals surface area contributed by atoms with Crippen LogP contribution in [0.1, 0.15) is 33.3 Å². The Bertz CT molecular complexity index is 568. The fourth-order valence-electron chi connectivity index (χ4n) is 1.60. The molecule has 2 amide bonds. The molecule has 0 bridgehead atoms. The van der Waals surface area contributed by atoms with Gasteiger partial charge in [0.15, 0.2) is 0 Å². The highest BCUT2D eigenvalue weighted by Gasteiger charge is 2.44. The van der Waals surface area contributed by atoms with Crippen molar-refractivity contribution in [1.29, 1.82) is 0 Å². The Morgan fingerprint density at radius 1 is 1.19 bits per heavy atom. The minimum absolute atomic E-state index is 0.473. The molecule has 21 heavy (non-hydrogen) atoms. The smallest absolute Gasteiger partial charge is 0.319 e. The summed E-state index contributed by atoms with van der Waals surface area (Å²) < 4.78 is 0. The molecule has 0 saturated heterocycles. The molecule has 0 aromatic heterocycles. The first kappa shape index (κ1) is 17.3. The minimum atomic E-state index is -1.12. The van der Waals surface area contributed by atoms with Gasteiger partial charge in [0.1, 0.15) is 0 Å². The lowest BCUT2D eigenvalue weighted by atomic mass is 9.74. The molecule has 0 saturated carbocycles. The van der Waals surface area contributed by atoms with E-state index in [2.05, 4.69) is 10.6 Å². The summed E-state index contributed by atoms with van der Waals surface area (Å²) in [5.74, 6) is -0.980. The first-order valence-corrected chi connectivity index (χ1v) is 6.94. The zero-order chi connectivity index (χ0) is 16.4. The molecule has 0 fully saturated rings. The number of carbonyl (C=O) groups excluding carboxylic acids is 1. The molecule has 6 heteroatoms. The molecule has 116 valence electrons. The van der Waals surface area contributed by atoms with Gasteiger partial charge in [-0.15, -0.1) is 0 Å². The highest BCUT2D eigenvalue weighted by molar-refractivity contribution is 6.31. The van der Waals surface area contributed by atoms with Gasteiger partial charge in [-0.3, -0.25) is 4.79 Å². The first-order chi connectivity index (χ1) is 9.49. The van der Waals surface area contributed by atoms with Gasteiger partial charge < -0.3 is 15.7 Å². The van der Waals surface area contributed by atoms with Gasteiger partial charge in [0.05, 0.1) is 11.0 Å². The fraction of sp³-hybridized carbons (Fsp3) is 0.467. The summed E-state index contributed by atoms with van der Waals surface area (Å²) in [7, 11) is 0. The van der Waals surface area contributed by atoms with E-state index >= 15 is 0 Å². The summed E-state index contributed by atoms with van der Waals surface area (Å²) in [6.45, 7) is 8.28. The van der Waals surface area contributed by atoms with Crippen LogP contribution in [0.2, 0.25) is 5.02 Å². The van der Waals surface area contributed by atoms with Crippen molar-refractivity contribution >= 4 is 29.3 Å². The van der Waals surface area contributed by atoms with Crippen molar-refractivity contribution in [2.45, 2.75) is 40.2 Å². The van der Waals surface area contributed by atoms with E-state index in [4.69, 9.17) is 11.6 Å². The van der Waals surface area contributed by atoms with Gasteiger partial charge in [-0.2, -0.15) is 0 Å². The molecule has 0 atom stereocenters. The quantitative estimate of drug-likeness (QED) is 0.794. The summed E-state index contributed by atoms with van der Waals surface area (Å²) in [6, 6.07) is 4.73. The zero-order valence-electron chi connectivity index (χ0n) is 12.9. The Labute approximate surface area is 129 Å². The van der Waals surface area contributed by atoms with Crippen LogP contribution < -0.4 is 10.6 Å². The molecule has 0 spiro atoms. The number of hydrogen-bond acceptors (Lipinski definition) is 2. The topological polar surface area (TPSA) is 78.4 Å². The molecule has 0 unspecified atom stereocenters. The van der Waals surface area contributed by atoms with E-state index in [1.807, 2.05) is 0 Å². The number of amides is 2. The van der Waals surface area contributed by atoms with Crippen molar-refractivity contribution in [3.63, 3.8) is 0 Å². The van der Waals surface area contributed by atoms with Gasteiger partial charge in [0.2, 0.25) is 0 Å². The number of benzene rings is 1.